The van der Waals surface area contributed by atoms with Crippen LogP contribution in [-0.4, -0.2) is 34.4 Å². The average molecular weight is 382 g/mol. The predicted molar refractivity (Wildman–Crippen MR) is 104 cm³/mol. The molecule has 9 heteroatoms. The summed E-state index contributed by atoms with van der Waals surface area (Å²) in [5, 5.41) is 24.8. The van der Waals surface area contributed by atoms with Gasteiger partial charge in [0.2, 0.25) is 12.8 Å². The maximum absolute atomic E-state index is 10.4. The Morgan fingerprint density at radius 3 is 1.70 bits per heavy atom. The zero-order valence-electron chi connectivity index (χ0n) is 18.0. The van der Waals surface area contributed by atoms with Crippen LogP contribution in [0, 0.1) is 11.3 Å². The summed E-state index contributed by atoms with van der Waals surface area (Å²) in [5.41, 5.74) is 0.817. The first kappa shape index (κ1) is 26.9. The minimum Gasteiger partial charge on any atom is -0.277 e. The second-order valence-electron chi connectivity index (χ2n) is 7.88. The Kier molecular flexibility index (Phi) is 12.8. The van der Waals surface area contributed by atoms with Gasteiger partial charge in [-0.3, -0.25) is 9.59 Å². The Morgan fingerprint density at radius 1 is 0.963 bits per heavy atom. The van der Waals surface area contributed by atoms with Crippen molar-refractivity contribution in [1.29, 1.82) is 5.26 Å². The SMILES string of the molecule is CC(C)(C#N)N(C=O)N=NNC=O.CCCC(C)(C)N=NC(C)(C)CCC. The van der Waals surface area contributed by atoms with Gasteiger partial charge >= 0.3 is 0 Å². The lowest BCUT2D eigenvalue weighted by molar-refractivity contribution is -0.122. The summed E-state index contributed by atoms with van der Waals surface area (Å²) in [6.07, 6.45) is 5.20. The van der Waals surface area contributed by atoms with Crippen molar-refractivity contribution in [3.63, 3.8) is 0 Å². The van der Waals surface area contributed by atoms with Crippen LogP contribution in [0.15, 0.2) is 20.7 Å². The summed E-state index contributed by atoms with van der Waals surface area (Å²) in [6, 6.07) is 1.84. The Bertz CT molecular complexity index is 514. The summed E-state index contributed by atoms with van der Waals surface area (Å²) in [4.78, 5) is 20.2. The van der Waals surface area contributed by atoms with E-state index in [0.29, 0.717) is 12.8 Å². The van der Waals surface area contributed by atoms with Gasteiger partial charge in [0.25, 0.3) is 0 Å². The van der Waals surface area contributed by atoms with Crippen LogP contribution in [0.2, 0.25) is 0 Å². The van der Waals surface area contributed by atoms with E-state index in [0.717, 1.165) is 17.9 Å². The first-order valence-corrected chi connectivity index (χ1v) is 9.11. The van der Waals surface area contributed by atoms with Crippen molar-refractivity contribution in [2.45, 2.75) is 97.7 Å². The first-order chi connectivity index (χ1) is 12.4. The van der Waals surface area contributed by atoms with Crippen LogP contribution in [-0.2, 0) is 9.59 Å². The summed E-state index contributed by atoms with van der Waals surface area (Å²) >= 11 is 0. The fraction of sp³-hybridized carbons (Fsp3) is 0.833. The molecule has 0 aromatic carbocycles. The van der Waals surface area contributed by atoms with E-state index in [-0.39, 0.29) is 11.1 Å². The van der Waals surface area contributed by atoms with Gasteiger partial charge in [-0.2, -0.15) is 20.5 Å². The summed E-state index contributed by atoms with van der Waals surface area (Å²) < 4.78 is 0. The maximum atomic E-state index is 10.4. The normalized spacial score (nSPS) is 12.3. The lowest BCUT2D eigenvalue weighted by Gasteiger charge is -2.22. The lowest BCUT2D eigenvalue weighted by Crippen LogP contribution is -2.37. The molecule has 0 heterocycles. The zero-order chi connectivity index (χ0) is 21.6. The van der Waals surface area contributed by atoms with E-state index >= 15 is 0 Å². The largest absolute Gasteiger partial charge is 0.277 e. The summed E-state index contributed by atoms with van der Waals surface area (Å²) in [6.45, 7) is 16.0. The first-order valence-electron chi connectivity index (χ1n) is 9.11. The molecule has 0 atom stereocenters. The van der Waals surface area contributed by atoms with Gasteiger partial charge in [-0.25, -0.2) is 5.43 Å². The Balaban J connectivity index is 0. The van der Waals surface area contributed by atoms with Crippen molar-refractivity contribution < 1.29 is 9.59 Å². The highest BCUT2D eigenvalue weighted by Crippen LogP contribution is 2.22. The van der Waals surface area contributed by atoms with Crippen LogP contribution in [0.4, 0.5) is 0 Å². The third kappa shape index (κ3) is 13.5. The fourth-order valence-electron chi connectivity index (χ4n) is 2.01. The molecular weight excluding hydrogens is 346 g/mol. The van der Waals surface area contributed by atoms with Gasteiger partial charge in [-0.1, -0.05) is 26.7 Å². The summed E-state index contributed by atoms with van der Waals surface area (Å²) in [7, 11) is 0. The lowest BCUT2D eigenvalue weighted by atomic mass is 9.99. The van der Waals surface area contributed by atoms with Crippen molar-refractivity contribution >= 4 is 12.8 Å². The molecule has 0 saturated heterocycles. The number of carbonyl (C=O) groups is 2. The van der Waals surface area contributed by atoms with Crippen LogP contribution < -0.4 is 5.43 Å². The second kappa shape index (κ2) is 12.9. The number of nitriles is 1. The van der Waals surface area contributed by atoms with Gasteiger partial charge in [0, 0.05) is 0 Å². The number of amides is 2. The average Bonchev–Trinajstić information content (AvgIpc) is 2.57. The molecule has 0 saturated carbocycles. The monoisotopic (exact) mass is 381 g/mol. The van der Waals surface area contributed by atoms with Crippen LogP contribution in [0.25, 0.3) is 0 Å². The van der Waals surface area contributed by atoms with E-state index in [9.17, 15) is 9.59 Å². The van der Waals surface area contributed by atoms with E-state index in [1.165, 1.54) is 26.7 Å². The third-order valence-corrected chi connectivity index (χ3v) is 3.51. The molecule has 0 unspecified atom stereocenters. The number of azo groups is 1. The van der Waals surface area contributed by atoms with Crippen molar-refractivity contribution in [3.8, 4) is 6.07 Å². The van der Waals surface area contributed by atoms with Gasteiger partial charge in [-0.15, -0.1) is 0 Å². The van der Waals surface area contributed by atoms with E-state index < -0.39 is 5.54 Å². The molecule has 0 bridgehead atoms. The highest BCUT2D eigenvalue weighted by atomic mass is 16.2. The smallest absolute Gasteiger partial charge is 0.232 e. The van der Waals surface area contributed by atoms with Crippen LogP contribution in [0.3, 0.4) is 0 Å². The molecule has 0 aliphatic rings. The Morgan fingerprint density at radius 2 is 1.41 bits per heavy atom. The summed E-state index contributed by atoms with van der Waals surface area (Å²) in [5.74, 6) is 0. The van der Waals surface area contributed by atoms with Crippen LogP contribution in [0.1, 0.15) is 81.1 Å². The quantitative estimate of drug-likeness (QED) is 0.324. The minimum absolute atomic E-state index is 0.0137. The molecule has 1 N–H and O–H groups in total. The molecule has 0 fully saturated rings. The molecule has 0 spiro atoms. The minimum atomic E-state index is -1.09. The Hall–Kier alpha value is -2.37. The molecule has 0 aromatic heterocycles. The number of hydrogen-bond donors (Lipinski definition) is 1. The predicted octanol–water partition coefficient (Wildman–Crippen LogP) is 4.37. The van der Waals surface area contributed by atoms with Crippen molar-refractivity contribution in [2.24, 2.45) is 20.7 Å². The van der Waals surface area contributed by atoms with Gasteiger partial charge < -0.3 is 0 Å². The Labute approximate surface area is 163 Å². The topological polar surface area (TPSA) is 123 Å². The molecule has 0 radical (unpaired) electrons. The number of hydrogen-bond acceptors (Lipinski definition) is 7. The van der Waals surface area contributed by atoms with Gasteiger partial charge in [-0.05, 0) is 64.8 Å². The number of carbonyl (C=O) groups excluding carboxylic acids is 2. The molecule has 154 valence electrons. The molecule has 2 amide bonds. The molecule has 9 nitrogen and oxygen atoms in total. The number of nitrogens with one attached hydrogen (secondary N) is 1. The highest BCUT2D eigenvalue weighted by molar-refractivity contribution is 5.49. The number of rotatable bonds is 11. The molecule has 0 rings (SSSR count). The second-order valence-corrected chi connectivity index (χ2v) is 7.88. The standard InChI is InChI=1S/C12H26N2.C6H9N5O2/c1-7-9-11(3,4)13-14-12(5,6)10-8-2;1-6(2,3-7)11(5-13)10-9-8-4-12/h7-10H2,1-6H3;4-5H,1-2H3,(H,8,10,12). The van der Waals surface area contributed by atoms with E-state index in [1.807, 2.05) is 11.5 Å². The molecule has 0 aliphatic carbocycles. The van der Waals surface area contributed by atoms with Gasteiger partial charge in [0.1, 0.15) is 5.54 Å². The zero-order valence-corrected chi connectivity index (χ0v) is 18.0. The van der Waals surface area contributed by atoms with Gasteiger partial charge in [0.05, 0.1) is 17.1 Å². The van der Waals surface area contributed by atoms with Crippen molar-refractivity contribution in [3.05, 3.63) is 0 Å². The molecule has 27 heavy (non-hydrogen) atoms. The van der Waals surface area contributed by atoms with E-state index in [2.05, 4.69) is 62.2 Å². The van der Waals surface area contributed by atoms with E-state index in [1.54, 1.807) is 0 Å². The molecular formula is C18H35N7O2. The van der Waals surface area contributed by atoms with E-state index in [4.69, 9.17) is 5.26 Å². The van der Waals surface area contributed by atoms with Gasteiger partial charge in [0.15, 0.2) is 0 Å². The molecule has 0 aliphatic heterocycles. The maximum Gasteiger partial charge on any atom is 0.232 e. The highest BCUT2D eigenvalue weighted by Gasteiger charge is 2.25. The number of nitrogens with zero attached hydrogens (tertiary/aromatic N) is 6. The van der Waals surface area contributed by atoms with Crippen molar-refractivity contribution in [2.75, 3.05) is 0 Å². The third-order valence-electron chi connectivity index (χ3n) is 3.51. The molecule has 0 aromatic rings. The van der Waals surface area contributed by atoms with Crippen LogP contribution in [0.5, 0.6) is 0 Å². The fourth-order valence-corrected chi connectivity index (χ4v) is 2.01. The van der Waals surface area contributed by atoms with Crippen LogP contribution >= 0.6 is 0 Å². The van der Waals surface area contributed by atoms with Crippen molar-refractivity contribution in [1.82, 2.24) is 10.4 Å².